The van der Waals surface area contributed by atoms with E-state index in [-0.39, 0.29) is 16.7 Å². The number of aromatic amines is 1. The summed E-state index contributed by atoms with van der Waals surface area (Å²) in [6, 6.07) is 7.93. The summed E-state index contributed by atoms with van der Waals surface area (Å²) >= 11 is 1.33. The molecule has 2 N–H and O–H groups in total. The first-order valence-corrected chi connectivity index (χ1v) is 10.1. The molecule has 6 heteroatoms. The Balaban J connectivity index is 1.69. The first-order chi connectivity index (χ1) is 12.5. The van der Waals surface area contributed by atoms with Gasteiger partial charge in [-0.2, -0.15) is 0 Å². The van der Waals surface area contributed by atoms with Crippen molar-refractivity contribution in [1.29, 1.82) is 0 Å². The number of thioether (sulfide) groups is 1. The zero-order valence-electron chi connectivity index (χ0n) is 15.5. The number of hydrogen-bond acceptors (Lipinski definition) is 4. The molecule has 0 spiro atoms. The molecule has 1 aromatic carbocycles. The number of anilines is 1. The fourth-order valence-corrected chi connectivity index (χ4v) is 4.02. The number of H-pyrrole nitrogens is 1. The van der Waals surface area contributed by atoms with Gasteiger partial charge in [-0.15, -0.1) is 0 Å². The predicted molar refractivity (Wildman–Crippen MR) is 106 cm³/mol. The number of benzene rings is 1. The fraction of sp³-hybridized carbons (Fsp3) is 0.450. The number of fused-ring (bicyclic) bond motifs is 1. The highest BCUT2D eigenvalue weighted by Gasteiger charge is 2.22. The second-order valence-corrected chi connectivity index (χ2v) is 8.12. The van der Waals surface area contributed by atoms with Gasteiger partial charge in [0, 0.05) is 11.3 Å². The predicted octanol–water partition coefficient (Wildman–Crippen LogP) is 3.89. The van der Waals surface area contributed by atoms with Gasteiger partial charge < -0.3 is 10.3 Å². The van der Waals surface area contributed by atoms with Crippen molar-refractivity contribution in [2.75, 3.05) is 5.32 Å². The van der Waals surface area contributed by atoms with E-state index in [1.54, 1.807) is 0 Å². The van der Waals surface area contributed by atoms with Crippen LogP contribution in [-0.2, 0) is 17.6 Å². The van der Waals surface area contributed by atoms with Gasteiger partial charge in [-0.05, 0) is 49.3 Å². The monoisotopic (exact) mass is 371 g/mol. The third-order valence-corrected chi connectivity index (χ3v) is 5.93. The van der Waals surface area contributed by atoms with Gasteiger partial charge in [0.05, 0.1) is 10.9 Å². The maximum absolute atomic E-state index is 12.6. The van der Waals surface area contributed by atoms with Crippen LogP contribution in [0.2, 0.25) is 0 Å². The summed E-state index contributed by atoms with van der Waals surface area (Å²) in [4.78, 5) is 32.2. The minimum atomic E-state index is -0.303. The van der Waals surface area contributed by atoms with Gasteiger partial charge in [-0.3, -0.25) is 9.59 Å². The van der Waals surface area contributed by atoms with Crippen LogP contribution in [0.25, 0.3) is 0 Å². The lowest BCUT2D eigenvalue weighted by molar-refractivity contribution is -0.115. The lowest BCUT2D eigenvalue weighted by atomic mass is 10.0. The topological polar surface area (TPSA) is 74.8 Å². The zero-order chi connectivity index (χ0) is 18.7. The third-order valence-electron chi connectivity index (χ3n) is 4.68. The fourth-order valence-electron chi connectivity index (χ4n) is 3.11. The average Bonchev–Trinajstić information content (AvgIpc) is 3.09. The van der Waals surface area contributed by atoms with Crippen LogP contribution in [-0.4, -0.2) is 21.1 Å². The Hall–Kier alpha value is -2.08. The quantitative estimate of drug-likeness (QED) is 0.597. The SMILES string of the molecule is CCC(Sc1nc2c(c(=O)[nH]1)CCC2)C(=O)Nc1ccc(C(C)C)cc1. The molecule has 1 heterocycles. The van der Waals surface area contributed by atoms with E-state index in [2.05, 4.69) is 29.1 Å². The van der Waals surface area contributed by atoms with Crippen molar-refractivity contribution in [3.63, 3.8) is 0 Å². The van der Waals surface area contributed by atoms with Crippen LogP contribution >= 0.6 is 11.8 Å². The van der Waals surface area contributed by atoms with E-state index in [1.165, 1.54) is 17.3 Å². The zero-order valence-corrected chi connectivity index (χ0v) is 16.3. The van der Waals surface area contributed by atoms with Crippen molar-refractivity contribution in [3.05, 3.63) is 51.4 Å². The van der Waals surface area contributed by atoms with Crippen molar-refractivity contribution in [2.24, 2.45) is 0 Å². The van der Waals surface area contributed by atoms with Gasteiger partial charge in [-0.25, -0.2) is 4.98 Å². The Morgan fingerprint density at radius 2 is 2.00 bits per heavy atom. The van der Waals surface area contributed by atoms with E-state index in [1.807, 2.05) is 31.2 Å². The molecule has 138 valence electrons. The molecule has 0 saturated heterocycles. The smallest absolute Gasteiger partial charge is 0.254 e. The minimum Gasteiger partial charge on any atom is -0.325 e. The van der Waals surface area contributed by atoms with Crippen LogP contribution in [0, 0.1) is 0 Å². The molecule has 26 heavy (non-hydrogen) atoms. The number of nitrogens with one attached hydrogen (secondary N) is 2. The van der Waals surface area contributed by atoms with E-state index < -0.39 is 0 Å². The van der Waals surface area contributed by atoms with Crippen LogP contribution in [0.15, 0.2) is 34.2 Å². The number of amides is 1. The Kier molecular flexibility index (Phi) is 5.81. The molecule has 5 nitrogen and oxygen atoms in total. The Morgan fingerprint density at radius 3 is 2.65 bits per heavy atom. The number of rotatable bonds is 6. The number of carbonyl (C=O) groups is 1. The van der Waals surface area contributed by atoms with Gasteiger partial charge >= 0.3 is 0 Å². The van der Waals surface area contributed by atoms with E-state index in [4.69, 9.17) is 0 Å². The van der Waals surface area contributed by atoms with Crippen molar-refractivity contribution < 1.29 is 4.79 Å². The van der Waals surface area contributed by atoms with Crippen molar-refractivity contribution >= 4 is 23.4 Å². The maximum atomic E-state index is 12.6. The molecule has 1 atom stereocenters. The average molecular weight is 372 g/mol. The molecule has 1 amide bonds. The summed E-state index contributed by atoms with van der Waals surface area (Å²) in [6.07, 6.45) is 3.27. The summed E-state index contributed by atoms with van der Waals surface area (Å²) < 4.78 is 0. The molecular formula is C20H25N3O2S. The third kappa shape index (κ3) is 4.18. The highest BCUT2D eigenvalue weighted by Crippen LogP contribution is 2.26. The van der Waals surface area contributed by atoms with Crippen molar-refractivity contribution in [2.45, 2.75) is 62.8 Å². The second kappa shape index (κ2) is 8.08. The van der Waals surface area contributed by atoms with E-state index in [0.717, 1.165) is 36.2 Å². The summed E-state index contributed by atoms with van der Waals surface area (Å²) in [5.41, 5.74) is 3.65. The first-order valence-electron chi connectivity index (χ1n) is 9.17. The highest BCUT2D eigenvalue weighted by atomic mass is 32.2. The van der Waals surface area contributed by atoms with Crippen LogP contribution in [0.3, 0.4) is 0 Å². The number of aromatic nitrogens is 2. The van der Waals surface area contributed by atoms with E-state index in [9.17, 15) is 9.59 Å². The van der Waals surface area contributed by atoms with E-state index in [0.29, 0.717) is 17.5 Å². The molecule has 0 bridgehead atoms. The van der Waals surface area contributed by atoms with Gasteiger partial charge in [0.1, 0.15) is 0 Å². The molecule has 0 aliphatic heterocycles. The number of aryl methyl sites for hydroxylation is 1. The highest BCUT2D eigenvalue weighted by molar-refractivity contribution is 8.00. The molecule has 0 saturated carbocycles. The minimum absolute atomic E-state index is 0.0606. The van der Waals surface area contributed by atoms with Gasteiger partial charge in [0.2, 0.25) is 5.91 Å². The molecule has 2 aromatic rings. The Bertz CT molecular complexity index is 843. The number of carbonyl (C=O) groups excluding carboxylic acids is 1. The maximum Gasteiger partial charge on any atom is 0.254 e. The van der Waals surface area contributed by atoms with Gasteiger partial charge in [0.25, 0.3) is 5.56 Å². The molecule has 1 aromatic heterocycles. The normalized spacial score (nSPS) is 14.3. The summed E-state index contributed by atoms with van der Waals surface area (Å²) in [6.45, 7) is 6.24. The standard InChI is InChI=1S/C20H25N3O2S/c1-4-17(19(25)21-14-10-8-13(9-11-14)12(2)3)26-20-22-16-7-5-6-15(16)18(24)23-20/h8-12,17H,4-7H2,1-3H3,(H,21,25)(H,22,23,24). The van der Waals surface area contributed by atoms with Crippen molar-refractivity contribution in [1.82, 2.24) is 9.97 Å². The summed E-state index contributed by atoms with van der Waals surface area (Å²) in [5.74, 6) is 0.388. The van der Waals surface area contributed by atoms with E-state index >= 15 is 0 Å². The van der Waals surface area contributed by atoms with Gasteiger partial charge in [0.15, 0.2) is 5.16 Å². The Morgan fingerprint density at radius 1 is 1.27 bits per heavy atom. The molecule has 3 rings (SSSR count). The summed E-state index contributed by atoms with van der Waals surface area (Å²) in [7, 11) is 0. The van der Waals surface area contributed by atoms with Crippen LogP contribution in [0.5, 0.6) is 0 Å². The van der Waals surface area contributed by atoms with Crippen LogP contribution < -0.4 is 10.9 Å². The first kappa shape index (κ1) is 18.7. The lowest BCUT2D eigenvalue weighted by Crippen LogP contribution is -2.25. The number of nitrogens with zero attached hydrogens (tertiary/aromatic N) is 1. The van der Waals surface area contributed by atoms with Crippen molar-refractivity contribution in [3.8, 4) is 0 Å². The molecule has 1 aliphatic rings. The summed E-state index contributed by atoms with van der Waals surface area (Å²) in [5, 5.41) is 3.20. The van der Waals surface area contributed by atoms with Crippen LogP contribution in [0.4, 0.5) is 5.69 Å². The largest absolute Gasteiger partial charge is 0.325 e. The molecule has 1 unspecified atom stereocenters. The molecular weight excluding hydrogens is 346 g/mol. The molecule has 0 fully saturated rings. The lowest BCUT2D eigenvalue weighted by Gasteiger charge is -2.15. The van der Waals surface area contributed by atoms with Gasteiger partial charge in [-0.1, -0.05) is 44.7 Å². The Labute approximate surface area is 158 Å². The molecule has 0 radical (unpaired) electrons. The van der Waals surface area contributed by atoms with Crippen LogP contribution in [0.1, 0.15) is 56.4 Å². The molecule has 1 aliphatic carbocycles. The number of hydrogen-bond donors (Lipinski definition) is 2. The second-order valence-electron chi connectivity index (χ2n) is 6.93.